The van der Waals surface area contributed by atoms with Crippen LogP contribution in [0.25, 0.3) is 11.0 Å². The van der Waals surface area contributed by atoms with Gasteiger partial charge in [-0.2, -0.15) is 0 Å². The highest BCUT2D eigenvalue weighted by atomic mass is 35.5. The molecule has 0 aliphatic rings. The van der Waals surface area contributed by atoms with Gasteiger partial charge < -0.3 is 19.2 Å². The summed E-state index contributed by atoms with van der Waals surface area (Å²) < 4.78 is 16.1. The van der Waals surface area contributed by atoms with Crippen molar-refractivity contribution in [2.75, 3.05) is 19.5 Å². The summed E-state index contributed by atoms with van der Waals surface area (Å²) in [5.41, 5.74) is 1.59. The van der Waals surface area contributed by atoms with Crippen LogP contribution < -0.4 is 14.8 Å². The fourth-order valence-electron chi connectivity index (χ4n) is 2.56. The largest absolute Gasteiger partial charge is 0.495 e. The number of methoxy groups -OCH3 is 2. The third-order valence-corrected chi connectivity index (χ3v) is 4.44. The summed E-state index contributed by atoms with van der Waals surface area (Å²) in [5.74, 6) is 0.617. The maximum Gasteiger partial charge on any atom is 0.291 e. The molecule has 0 saturated carbocycles. The smallest absolute Gasteiger partial charge is 0.291 e. The third-order valence-electron chi connectivity index (χ3n) is 3.84. The highest BCUT2D eigenvalue weighted by Gasteiger charge is 2.21. The predicted octanol–water partition coefficient (Wildman–Crippen LogP) is 5.32. The highest BCUT2D eigenvalue weighted by Crippen LogP contribution is 2.37. The number of hydrogen-bond acceptors (Lipinski definition) is 4. The second kappa shape index (κ2) is 6.86. The lowest BCUT2D eigenvalue weighted by molar-refractivity contribution is 0.0997. The van der Waals surface area contributed by atoms with E-state index in [9.17, 15) is 4.79 Å². The summed E-state index contributed by atoms with van der Waals surface area (Å²) in [4.78, 5) is 12.7. The van der Waals surface area contributed by atoms with Crippen molar-refractivity contribution in [2.24, 2.45) is 0 Å². The molecule has 1 amide bonds. The zero-order valence-electron chi connectivity index (χ0n) is 13.8. The summed E-state index contributed by atoms with van der Waals surface area (Å²) >= 11 is 12.3. The SMILES string of the molecule is COc1cc(OC)c(NC(=O)c2oc3c(Cl)cccc3c2C)cc1Cl. The third kappa shape index (κ3) is 3.13. The molecule has 0 unspecified atom stereocenters. The van der Waals surface area contributed by atoms with E-state index in [1.165, 1.54) is 14.2 Å². The molecule has 3 rings (SSSR count). The van der Waals surface area contributed by atoms with Gasteiger partial charge in [0.1, 0.15) is 11.5 Å². The molecule has 0 saturated heterocycles. The molecule has 3 aromatic rings. The molecule has 7 heteroatoms. The second-order valence-electron chi connectivity index (χ2n) is 5.31. The number of benzene rings is 2. The number of fused-ring (bicyclic) bond motifs is 1. The van der Waals surface area contributed by atoms with Crippen LogP contribution in [0.15, 0.2) is 34.7 Å². The van der Waals surface area contributed by atoms with E-state index in [1.807, 2.05) is 6.07 Å². The number of carbonyl (C=O) groups is 1. The second-order valence-corrected chi connectivity index (χ2v) is 6.13. The van der Waals surface area contributed by atoms with Crippen molar-refractivity contribution in [2.45, 2.75) is 6.92 Å². The lowest BCUT2D eigenvalue weighted by Crippen LogP contribution is -2.13. The van der Waals surface area contributed by atoms with Gasteiger partial charge in [0, 0.05) is 17.0 Å². The first-order chi connectivity index (χ1) is 12.0. The normalized spacial score (nSPS) is 10.8. The molecular formula is C18H15Cl2NO4. The number of ether oxygens (including phenoxy) is 2. The van der Waals surface area contributed by atoms with E-state index >= 15 is 0 Å². The van der Waals surface area contributed by atoms with Crippen molar-refractivity contribution in [3.05, 3.63) is 51.7 Å². The van der Waals surface area contributed by atoms with Crippen LogP contribution in [0.1, 0.15) is 16.1 Å². The maximum atomic E-state index is 12.7. The molecule has 0 bridgehead atoms. The van der Waals surface area contributed by atoms with Crippen molar-refractivity contribution in [3.63, 3.8) is 0 Å². The van der Waals surface area contributed by atoms with Crippen LogP contribution in [-0.2, 0) is 0 Å². The first-order valence-corrected chi connectivity index (χ1v) is 8.12. The van der Waals surface area contributed by atoms with Crippen LogP contribution in [0, 0.1) is 6.92 Å². The number of hydrogen-bond donors (Lipinski definition) is 1. The summed E-state index contributed by atoms with van der Waals surface area (Å²) in [6.45, 7) is 1.80. The molecule has 0 aliphatic heterocycles. The van der Waals surface area contributed by atoms with E-state index in [2.05, 4.69) is 5.32 Å². The molecule has 0 aliphatic carbocycles. The van der Waals surface area contributed by atoms with Gasteiger partial charge in [0.15, 0.2) is 11.3 Å². The quantitative estimate of drug-likeness (QED) is 0.666. The van der Waals surface area contributed by atoms with Crippen molar-refractivity contribution in [1.82, 2.24) is 0 Å². The molecule has 1 heterocycles. The zero-order chi connectivity index (χ0) is 18.1. The lowest BCUT2D eigenvalue weighted by Gasteiger charge is -2.12. The van der Waals surface area contributed by atoms with E-state index in [-0.39, 0.29) is 5.76 Å². The average Bonchev–Trinajstić information content (AvgIpc) is 2.94. The van der Waals surface area contributed by atoms with Crippen LogP contribution in [0.5, 0.6) is 11.5 Å². The monoisotopic (exact) mass is 379 g/mol. The van der Waals surface area contributed by atoms with E-state index in [0.29, 0.717) is 38.4 Å². The number of halogens is 2. The first-order valence-electron chi connectivity index (χ1n) is 7.36. The van der Waals surface area contributed by atoms with Gasteiger partial charge in [-0.05, 0) is 19.1 Å². The number of carbonyl (C=O) groups excluding carboxylic acids is 1. The van der Waals surface area contributed by atoms with Crippen LogP contribution in [0.4, 0.5) is 5.69 Å². The van der Waals surface area contributed by atoms with Gasteiger partial charge >= 0.3 is 0 Å². The lowest BCUT2D eigenvalue weighted by atomic mass is 10.1. The zero-order valence-corrected chi connectivity index (χ0v) is 15.3. The summed E-state index contributed by atoms with van der Waals surface area (Å²) in [6, 6.07) is 8.52. The van der Waals surface area contributed by atoms with E-state index in [4.69, 9.17) is 37.1 Å². The average molecular weight is 380 g/mol. The Bertz CT molecular complexity index is 965. The van der Waals surface area contributed by atoms with Crippen LogP contribution in [-0.4, -0.2) is 20.1 Å². The van der Waals surface area contributed by atoms with Crippen LogP contribution >= 0.6 is 23.2 Å². The first kappa shape index (κ1) is 17.5. The van der Waals surface area contributed by atoms with Gasteiger partial charge in [0.25, 0.3) is 5.91 Å². The number of rotatable bonds is 4. The molecule has 0 spiro atoms. The van der Waals surface area contributed by atoms with Gasteiger partial charge in [-0.15, -0.1) is 0 Å². The van der Waals surface area contributed by atoms with Gasteiger partial charge in [-0.1, -0.05) is 35.3 Å². The molecule has 2 aromatic carbocycles. The number of anilines is 1. The number of furan rings is 1. The summed E-state index contributed by atoms with van der Waals surface area (Å²) in [6.07, 6.45) is 0. The number of amides is 1. The predicted molar refractivity (Wildman–Crippen MR) is 98.5 cm³/mol. The Kier molecular flexibility index (Phi) is 4.79. The maximum absolute atomic E-state index is 12.7. The molecule has 1 aromatic heterocycles. The molecule has 1 N–H and O–H groups in total. The van der Waals surface area contributed by atoms with Crippen molar-refractivity contribution in [3.8, 4) is 11.5 Å². The standard InChI is InChI=1S/C18H15Cl2NO4/c1-9-10-5-4-6-11(19)17(10)25-16(9)18(22)21-13-7-12(20)14(23-2)8-15(13)24-3/h4-8H,1-3H3,(H,21,22). The molecule has 130 valence electrons. The number of nitrogens with one attached hydrogen (secondary N) is 1. The van der Waals surface area contributed by atoms with Crippen molar-refractivity contribution >= 4 is 45.8 Å². The molecule has 0 atom stereocenters. The van der Waals surface area contributed by atoms with Gasteiger partial charge in [0.2, 0.25) is 0 Å². The van der Waals surface area contributed by atoms with Crippen molar-refractivity contribution in [1.29, 1.82) is 0 Å². The Labute approximate surface area is 154 Å². The Morgan fingerprint density at radius 2 is 1.80 bits per heavy atom. The van der Waals surface area contributed by atoms with E-state index < -0.39 is 5.91 Å². The molecule has 0 fully saturated rings. The number of para-hydroxylation sites is 1. The topological polar surface area (TPSA) is 60.7 Å². The summed E-state index contributed by atoms with van der Waals surface area (Å²) in [5, 5.41) is 4.34. The highest BCUT2D eigenvalue weighted by molar-refractivity contribution is 6.35. The minimum Gasteiger partial charge on any atom is -0.495 e. The Morgan fingerprint density at radius 3 is 2.44 bits per heavy atom. The van der Waals surface area contributed by atoms with Gasteiger partial charge in [0.05, 0.1) is 30.0 Å². The minimum atomic E-state index is -0.427. The van der Waals surface area contributed by atoms with Crippen LogP contribution in [0.3, 0.4) is 0 Å². The van der Waals surface area contributed by atoms with Gasteiger partial charge in [-0.25, -0.2) is 0 Å². The molecule has 25 heavy (non-hydrogen) atoms. The molecular weight excluding hydrogens is 365 g/mol. The Hall–Kier alpha value is -2.37. The fraction of sp³-hybridized carbons (Fsp3) is 0.167. The Morgan fingerprint density at radius 1 is 1.08 bits per heavy atom. The Balaban J connectivity index is 1.99. The molecule has 0 radical (unpaired) electrons. The fourth-order valence-corrected chi connectivity index (χ4v) is 3.02. The number of aryl methyl sites for hydroxylation is 1. The van der Waals surface area contributed by atoms with Crippen LogP contribution in [0.2, 0.25) is 10.0 Å². The van der Waals surface area contributed by atoms with Crippen molar-refractivity contribution < 1.29 is 18.7 Å². The van der Waals surface area contributed by atoms with E-state index in [0.717, 1.165) is 5.39 Å². The van der Waals surface area contributed by atoms with E-state index in [1.54, 1.807) is 31.2 Å². The van der Waals surface area contributed by atoms with Gasteiger partial charge in [-0.3, -0.25) is 4.79 Å². The summed E-state index contributed by atoms with van der Waals surface area (Å²) in [7, 11) is 2.99. The molecule has 5 nitrogen and oxygen atoms in total. The minimum absolute atomic E-state index is 0.178.